The van der Waals surface area contributed by atoms with Gasteiger partial charge in [0.15, 0.2) is 0 Å². The van der Waals surface area contributed by atoms with Crippen molar-refractivity contribution in [1.29, 1.82) is 0 Å². The van der Waals surface area contributed by atoms with E-state index in [1.807, 2.05) is 0 Å². The van der Waals surface area contributed by atoms with Crippen LogP contribution in [0.15, 0.2) is 11.6 Å². The van der Waals surface area contributed by atoms with E-state index in [0.717, 1.165) is 11.2 Å². The predicted octanol–water partition coefficient (Wildman–Crippen LogP) is 4.15. The predicted molar refractivity (Wildman–Crippen MR) is 56.2 cm³/mol. The van der Waals surface area contributed by atoms with Crippen LogP contribution in [0.4, 0.5) is 0 Å². The lowest BCUT2D eigenvalue weighted by Crippen LogP contribution is -1.98. The molecule has 0 spiro atoms. The molecule has 1 heteroatoms. The zero-order valence-corrected chi connectivity index (χ0v) is 9.45. The first-order valence-electron chi connectivity index (χ1n) is 4.40. The Hall–Kier alpha value is 0.220. The molecule has 0 N–H and O–H groups in total. The van der Waals surface area contributed by atoms with E-state index < -0.39 is 0 Å². The fourth-order valence-electron chi connectivity index (χ4n) is 0.998. The summed E-state index contributed by atoms with van der Waals surface area (Å²) in [6.45, 7) is 6.58. The fourth-order valence-corrected chi connectivity index (χ4v) is 1.78. The van der Waals surface area contributed by atoms with Gasteiger partial charge in [0.1, 0.15) is 0 Å². The first-order chi connectivity index (χ1) is 5.20. The third-order valence-electron chi connectivity index (χ3n) is 1.92. The van der Waals surface area contributed by atoms with Crippen molar-refractivity contribution in [2.24, 2.45) is 5.92 Å². The highest BCUT2D eigenvalue weighted by Gasteiger charge is 2.01. The summed E-state index contributed by atoms with van der Waals surface area (Å²) < 4.78 is 0. The van der Waals surface area contributed by atoms with Crippen LogP contribution in [0, 0.1) is 5.92 Å². The molecule has 0 aromatic heterocycles. The number of rotatable bonds is 5. The zero-order chi connectivity index (χ0) is 8.69. The van der Waals surface area contributed by atoms with Crippen LogP contribution in [0.25, 0.3) is 0 Å². The van der Waals surface area contributed by atoms with Crippen molar-refractivity contribution in [3.05, 3.63) is 11.6 Å². The van der Waals surface area contributed by atoms with Crippen molar-refractivity contribution in [2.75, 3.05) is 5.33 Å². The van der Waals surface area contributed by atoms with Crippen LogP contribution in [0.5, 0.6) is 0 Å². The van der Waals surface area contributed by atoms with Gasteiger partial charge < -0.3 is 0 Å². The molecule has 0 heterocycles. The summed E-state index contributed by atoms with van der Waals surface area (Å²) in [5.41, 5.74) is 1.44. The number of hydrogen-bond acceptors (Lipinski definition) is 0. The van der Waals surface area contributed by atoms with Crippen molar-refractivity contribution >= 4 is 15.9 Å². The maximum atomic E-state index is 3.52. The van der Waals surface area contributed by atoms with Gasteiger partial charge in [-0.05, 0) is 32.6 Å². The van der Waals surface area contributed by atoms with Gasteiger partial charge in [0.2, 0.25) is 0 Å². The van der Waals surface area contributed by atoms with Crippen molar-refractivity contribution in [3.63, 3.8) is 0 Å². The third kappa shape index (κ3) is 6.61. The van der Waals surface area contributed by atoms with E-state index >= 15 is 0 Å². The molecule has 0 saturated heterocycles. The van der Waals surface area contributed by atoms with Gasteiger partial charge >= 0.3 is 0 Å². The molecule has 0 bridgehead atoms. The monoisotopic (exact) mass is 218 g/mol. The smallest absolute Gasteiger partial charge is 0.00596 e. The number of halogens is 1. The number of allylic oxidation sites excluding steroid dienone is 2. The first kappa shape index (κ1) is 11.2. The molecular formula is C10H19Br. The Balaban J connectivity index is 3.43. The van der Waals surface area contributed by atoms with Crippen molar-refractivity contribution < 1.29 is 0 Å². The van der Waals surface area contributed by atoms with Crippen LogP contribution >= 0.6 is 15.9 Å². The lowest BCUT2D eigenvalue weighted by molar-refractivity contribution is 0.533. The van der Waals surface area contributed by atoms with E-state index in [1.165, 1.54) is 24.8 Å². The van der Waals surface area contributed by atoms with Crippen LogP contribution in [0.3, 0.4) is 0 Å². The molecule has 0 aromatic carbocycles. The van der Waals surface area contributed by atoms with Gasteiger partial charge in [0, 0.05) is 5.33 Å². The highest BCUT2D eigenvalue weighted by Crippen LogP contribution is 2.14. The van der Waals surface area contributed by atoms with E-state index in [9.17, 15) is 0 Å². The summed E-state index contributed by atoms with van der Waals surface area (Å²) >= 11 is 3.52. The van der Waals surface area contributed by atoms with Crippen LogP contribution in [-0.2, 0) is 0 Å². The molecule has 0 fully saturated rings. The quantitative estimate of drug-likeness (QED) is 0.481. The first-order valence-corrected chi connectivity index (χ1v) is 5.52. The molecule has 1 unspecified atom stereocenters. The van der Waals surface area contributed by atoms with Gasteiger partial charge in [-0.1, -0.05) is 40.9 Å². The molecule has 0 saturated carbocycles. The normalized spacial score (nSPS) is 12.7. The average molecular weight is 219 g/mol. The SMILES string of the molecule is CCC(CBr)CCC=C(C)C. The third-order valence-corrected chi connectivity index (χ3v) is 2.84. The standard InChI is InChI=1S/C10H19Br/c1-4-10(8-11)7-5-6-9(2)3/h6,10H,4-5,7-8H2,1-3H3. The Morgan fingerprint density at radius 2 is 2.09 bits per heavy atom. The Morgan fingerprint density at radius 1 is 1.45 bits per heavy atom. The van der Waals surface area contributed by atoms with E-state index in [4.69, 9.17) is 0 Å². The average Bonchev–Trinajstić information content (AvgIpc) is 1.98. The molecule has 11 heavy (non-hydrogen) atoms. The van der Waals surface area contributed by atoms with Crippen LogP contribution in [0.1, 0.15) is 40.0 Å². The van der Waals surface area contributed by atoms with Crippen molar-refractivity contribution in [3.8, 4) is 0 Å². The van der Waals surface area contributed by atoms with Gasteiger partial charge in [-0.3, -0.25) is 0 Å². The minimum absolute atomic E-state index is 0.866. The van der Waals surface area contributed by atoms with E-state index in [2.05, 4.69) is 42.8 Å². The maximum absolute atomic E-state index is 3.52. The molecule has 0 aliphatic carbocycles. The lowest BCUT2D eigenvalue weighted by atomic mass is 10.0. The number of alkyl halides is 1. The second kappa shape index (κ2) is 6.90. The van der Waals surface area contributed by atoms with Crippen molar-refractivity contribution in [2.45, 2.75) is 40.0 Å². The molecule has 1 atom stereocenters. The van der Waals surface area contributed by atoms with Gasteiger partial charge in [-0.15, -0.1) is 0 Å². The second-order valence-corrected chi connectivity index (χ2v) is 3.93. The van der Waals surface area contributed by atoms with Crippen molar-refractivity contribution in [1.82, 2.24) is 0 Å². The Labute approximate surface area is 79.2 Å². The van der Waals surface area contributed by atoms with E-state index in [-0.39, 0.29) is 0 Å². The Morgan fingerprint density at radius 3 is 2.45 bits per heavy atom. The van der Waals surface area contributed by atoms with E-state index in [1.54, 1.807) is 0 Å². The van der Waals surface area contributed by atoms with Crippen LogP contribution in [0.2, 0.25) is 0 Å². The molecule has 0 aliphatic rings. The molecule has 0 rings (SSSR count). The minimum atomic E-state index is 0.866. The second-order valence-electron chi connectivity index (χ2n) is 3.29. The summed E-state index contributed by atoms with van der Waals surface area (Å²) in [4.78, 5) is 0. The molecule has 66 valence electrons. The highest BCUT2D eigenvalue weighted by atomic mass is 79.9. The largest absolute Gasteiger partial charge is 0.0925 e. The summed E-state index contributed by atoms with van der Waals surface area (Å²) in [5.74, 6) is 0.866. The summed E-state index contributed by atoms with van der Waals surface area (Å²) in [5, 5.41) is 1.15. The summed E-state index contributed by atoms with van der Waals surface area (Å²) in [7, 11) is 0. The zero-order valence-electron chi connectivity index (χ0n) is 7.86. The molecule has 0 aliphatic heterocycles. The molecule has 0 nitrogen and oxygen atoms in total. The lowest BCUT2D eigenvalue weighted by Gasteiger charge is -2.08. The molecule has 0 aromatic rings. The van der Waals surface area contributed by atoms with Gasteiger partial charge in [0.25, 0.3) is 0 Å². The minimum Gasteiger partial charge on any atom is -0.0925 e. The van der Waals surface area contributed by atoms with Gasteiger partial charge in [-0.2, -0.15) is 0 Å². The Bertz CT molecular complexity index is 108. The van der Waals surface area contributed by atoms with Gasteiger partial charge in [0.05, 0.1) is 0 Å². The highest BCUT2D eigenvalue weighted by molar-refractivity contribution is 9.09. The van der Waals surface area contributed by atoms with E-state index in [0.29, 0.717) is 0 Å². The summed E-state index contributed by atoms with van der Waals surface area (Å²) in [6, 6.07) is 0. The fraction of sp³-hybridized carbons (Fsp3) is 0.800. The molecule has 0 radical (unpaired) electrons. The van der Waals surface area contributed by atoms with Gasteiger partial charge in [-0.25, -0.2) is 0 Å². The van der Waals surface area contributed by atoms with Crippen LogP contribution in [-0.4, -0.2) is 5.33 Å². The molecular weight excluding hydrogens is 200 g/mol. The van der Waals surface area contributed by atoms with Crippen LogP contribution < -0.4 is 0 Å². The maximum Gasteiger partial charge on any atom is 0.00596 e. The summed E-state index contributed by atoms with van der Waals surface area (Å²) in [6.07, 6.45) is 6.19. The Kier molecular flexibility index (Phi) is 7.04. The topological polar surface area (TPSA) is 0 Å². The molecule has 0 amide bonds. The number of hydrogen-bond donors (Lipinski definition) is 0.